The lowest BCUT2D eigenvalue weighted by atomic mass is 10.1. The maximum atomic E-state index is 4.05. The zero-order chi connectivity index (χ0) is 7.78. The van der Waals surface area contributed by atoms with Gasteiger partial charge in [-0.05, 0) is 27.7 Å². The van der Waals surface area contributed by atoms with Crippen LogP contribution >= 0.6 is 0 Å². The van der Waals surface area contributed by atoms with Crippen molar-refractivity contribution >= 4 is 0 Å². The van der Waals surface area contributed by atoms with Crippen LogP contribution < -0.4 is 0 Å². The molecule has 1 rings (SSSR count). The molecule has 0 aromatic rings. The third-order valence-corrected chi connectivity index (χ3v) is 1.57. The van der Waals surface area contributed by atoms with Crippen molar-refractivity contribution in [3.05, 3.63) is 0 Å². The topological polar surface area (TPSA) is 28.0 Å². The maximum Gasteiger partial charge on any atom is 0.0893 e. The Labute approximate surface area is 62.1 Å². The molecule has 0 amide bonds. The quantitative estimate of drug-likeness (QED) is 0.506. The zero-order valence-corrected chi connectivity index (χ0v) is 7.13. The van der Waals surface area contributed by atoms with Crippen LogP contribution in [-0.4, -0.2) is 23.1 Å². The van der Waals surface area contributed by atoms with Crippen LogP contribution in [-0.2, 0) is 0 Å². The highest BCUT2D eigenvalue weighted by Crippen LogP contribution is 2.19. The van der Waals surface area contributed by atoms with Crippen molar-refractivity contribution in [3.63, 3.8) is 0 Å². The second kappa shape index (κ2) is 2.22. The number of nitrogens with zero attached hydrogens (tertiary/aromatic N) is 3. The number of rotatable bonds is 0. The number of hydrogen-bond acceptors (Lipinski definition) is 3. The second-order valence-electron chi connectivity index (χ2n) is 3.81. The average molecular weight is 141 g/mol. The van der Waals surface area contributed by atoms with E-state index in [0.717, 1.165) is 6.54 Å². The van der Waals surface area contributed by atoms with Crippen LogP contribution in [0.2, 0.25) is 0 Å². The van der Waals surface area contributed by atoms with Crippen molar-refractivity contribution in [1.82, 2.24) is 5.01 Å². The highest BCUT2D eigenvalue weighted by atomic mass is 15.6. The SMILES string of the molecule is CC1CN(C(C)(C)C)N=N1. The van der Waals surface area contributed by atoms with Gasteiger partial charge in [-0.15, -0.1) is 0 Å². The maximum absolute atomic E-state index is 4.05. The molecule has 0 aliphatic carbocycles. The first-order valence-corrected chi connectivity index (χ1v) is 3.68. The van der Waals surface area contributed by atoms with Crippen LogP contribution in [0.5, 0.6) is 0 Å². The van der Waals surface area contributed by atoms with Gasteiger partial charge >= 0.3 is 0 Å². The first-order valence-electron chi connectivity index (χ1n) is 3.68. The van der Waals surface area contributed by atoms with Crippen LogP contribution in [0, 0.1) is 0 Å². The molecule has 10 heavy (non-hydrogen) atoms. The van der Waals surface area contributed by atoms with E-state index in [0.29, 0.717) is 6.04 Å². The van der Waals surface area contributed by atoms with Gasteiger partial charge in [0.25, 0.3) is 0 Å². The molecule has 1 atom stereocenters. The van der Waals surface area contributed by atoms with E-state index in [1.54, 1.807) is 0 Å². The summed E-state index contributed by atoms with van der Waals surface area (Å²) in [5.74, 6) is 0. The fourth-order valence-corrected chi connectivity index (χ4v) is 0.882. The molecule has 0 saturated heterocycles. The second-order valence-corrected chi connectivity index (χ2v) is 3.81. The van der Waals surface area contributed by atoms with Crippen LogP contribution in [0.1, 0.15) is 27.7 Å². The Kier molecular flexibility index (Phi) is 1.67. The molecule has 0 fully saturated rings. The summed E-state index contributed by atoms with van der Waals surface area (Å²) >= 11 is 0. The van der Waals surface area contributed by atoms with Crippen LogP contribution in [0.3, 0.4) is 0 Å². The average Bonchev–Trinajstić information content (AvgIpc) is 2.11. The predicted octanol–water partition coefficient (Wildman–Crippen LogP) is 1.86. The molecule has 1 unspecified atom stereocenters. The van der Waals surface area contributed by atoms with Crippen LogP contribution in [0.25, 0.3) is 0 Å². The van der Waals surface area contributed by atoms with Crippen molar-refractivity contribution in [3.8, 4) is 0 Å². The predicted molar refractivity (Wildman–Crippen MR) is 40.8 cm³/mol. The zero-order valence-electron chi connectivity index (χ0n) is 7.13. The molecule has 0 bridgehead atoms. The van der Waals surface area contributed by atoms with E-state index in [9.17, 15) is 0 Å². The molecule has 3 nitrogen and oxygen atoms in total. The molecule has 58 valence electrons. The lowest BCUT2D eigenvalue weighted by Crippen LogP contribution is -2.37. The van der Waals surface area contributed by atoms with E-state index < -0.39 is 0 Å². The molecular weight excluding hydrogens is 126 g/mol. The first-order chi connectivity index (χ1) is 4.50. The van der Waals surface area contributed by atoms with E-state index in [1.807, 2.05) is 5.01 Å². The van der Waals surface area contributed by atoms with E-state index >= 15 is 0 Å². The normalized spacial score (nSPS) is 26.0. The Morgan fingerprint density at radius 2 is 2.00 bits per heavy atom. The summed E-state index contributed by atoms with van der Waals surface area (Å²) in [6, 6.07) is 0.374. The van der Waals surface area contributed by atoms with E-state index in [-0.39, 0.29) is 5.54 Å². The summed E-state index contributed by atoms with van der Waals surface area (Å²) in [4.78, 5) is 0. The van der Waals surface area contributed by atoms with Crippen molar-refractivity contribution < 1.29 is 0 Å². The molecular formula is C7H15N3. The summed E-state index contributed by atoms with van der Waals surface area (Å²) < 4.78 is 0. The third kappa shape index (κ3) is 1.46. The van der Waals surface area contributed by atoms with Crippen LogP contribution in [0.15, 0.2) is 10.3 Å². The van der Waals surface area contributed by atoms with Crippen LogP contribution in [0.4, 0.5) is 0 Å². The summed E-state index contributed by atoms with van der Waals surface area (Å²) in [7, 11) is 0. The Bertz CT molecular complexity index is 145. The smallest absolute Gasteiger partial charge is 0.0893 e. The molecule has 0 N–H and O–H groups in total. The highest BCUT2D eigenvalue weighted by Gasteiger charge is 2.25. The Morgan fingerprint density at radius 3 is 2.20 bits per heavy atom. The molecule has 0 spiro atoms. The Hall–Kier alpha value is -0.600. The summed E-state index contributed by atoms with van der Waals surface area (Å²) in [6.07, 6.45) is 0. The van der Waals surface area contributed by atoms with Gasteiger partial charge in [0.15, 0.2) is 0 Å². The largest absolute Gasteiger partial charge is 0.271 e. The van der Waals surface area contributed by atoms with Gasteiger partial charge in [-0.25, -0.2) is 0 Å². The molecule has 1 heterocycles. The van der Waals surface area contributed by atoms with Gasteiger partial charge in [-0.3, -0.25) is 5.01 Å². The minimum Gasteiger partial charge on any atom is -0.271 e. The lowest BCUT2D eigenvalue weighted by molar-refractivity contribution is 0.156. The first kappa shape index (κ1) is 7.51. The number of hydrogen-bond donors (Lipinski definition) is 0. The molecule has 3 heteroatoms. The van der Waals surface area contributed by atoms with Gasteiger partial charge in [-0.2, -0.15) is 5.11 Å². The van der Waals surface area contributed by atoms with Gasteiger partial charge in [0.2, 0.25) is 0 Å². The minimum atomic E-state index is 0.133. The van der Waals surface area contributed by atoms with Gasteiger partial charge < -0.3 is 0 Å². The van der Waals surface area contributed by atoms with Gasteiger partial charge in [0.05, 0.1) is 18.1 Å². The lowest BCUT2D eigenvalue weighted by Gasteiger charge is -2.28. The Morgan fingerprint density at radius 1 is 1.40 bits per heavy atom. The van der Waals surface area contributed by atoms with E-state index in [1.165, 1.54) is 0 Å². The van der Waals surface area contributed by atoms with Crippen molar-refractivity contribution in [2.45, 2.75) is 39.3 Å². The van der Waals surface area contributed by atoms with E-state index in [2.05, 4.69) is 38.0 Å². The summed E-state index contributed by atoms with van der Waals surface area (Å²) in [5, 5.41) is 10.1. The fourth-order valence-electron chi connectivity index (χ4n) is 0.882. The highest BCUT2D eigenvalue weighted by molar-refractivity contribution is 4.79. The summed E-state index contributed by atoms with van der Waals surface area (Å²) in [6.45, 7) is 9.47. The van der Waals surface area contributed by atoms with Gasteiger partial charge in [-0.1, -0.05) is 5.22 Å². The monoisotopic (exact) mass is 141 g/mol. The Balaban J connectivity index is 2.55. The van der Waals surface area contributed by atoms with Crippen molar-refractivity contribution in [2.75, 3.05) is 6.54 Å². The van der Waals surface area contributed by atoms with E-state index in [4.69, 9.17) is 0 Å². The minimum absolute atomic E-state index is 0.133. The fraction of sp³-hybridized carbons (Fsp3) is 1.00. The molecule has 0 radical (unpaired) electrons. The summed E-state index contributed by atoms with van der Waals surface area (Å²) in [5.41, 5.74) is 0.133. The standard InChI is InChI=1S/C7H15N3/c1-6-5-10(9-8-6)7(2,3)4/h6H,5H2,1-4H3. The molecule has 1 aliphatic rings. The molecule has 0 aromatic carbocycles. The molecule has 1 aliphatic heterocycles. The van der Waals surface area contributed by atoms with Gasteiger partial charge in [0, 0.05) is 0 Å². The third-order valence-electron chi connectivity index (χ3n) is 1.57. The van der Waals surface area contributed by atoms with Crippen molar-refractivity contribution in [1.29, 1.82) is 0 Å². The van der Waals surface area contributed by atoms with Gasteiger partial charge in [0.1, 0.15) is 0 Å². The molecule has 0 saturated carbocycles. The molecule has 0 aromatic heterocycles. The van der Waals surface area contributed by atoms with Crippen molar-refractivity contribution in [2.24, 2.45) is 10.3 Å².